The van der Waals surface area contributed by atoms with Crippen LogP contribution < -0.4 is 5.32 Å². The first kappa shape index (κ1) is 13.3. The third-order valence-electron chi connectivity index (χ3n) is 1.89. The SMILES string of the molecule is CCCNc1nnc(COC(C)COC)s1. The molecule has 0 aromatic carbocycles. The second-order valence-corrected chi connectivity index (χ2v) is 4.57. The molecule has 0 amide bonds. The van der Waals surface area contributed by atoms with Crippen LogP contribution in [0.25, 0.3) is 0 Å². The first-order chi connectivity index (χ1) is 7.76. The van der Waals surface area contributed by atoms with Gasteiger partial charge in [-0.05, 0) is 13.3 Å². The zero-order valence-electron chi connectivity index (χ0n) is 10.0. The lowest BCUT2D eigenvalue weighted by Gasteiger charge is -2.09. The van der Waals surface area contributed by atoms with Gasteiger partial charge in [-0.2, -0.15) is 0 Å². The Morgan fingerprint density at radius 1 is 1.44 bits per heavy atom. The fraction of sp³-hybridized carbons (Fsp3) is 0.800. The maximum atomic E-state index is 5.54. The van der Waals surface area contributed by atoms with Gasteiger partial charge in [0, 0.05) is 13.7 Å². The van der Waals surface area contributed by atoms with Gasteiger partial charge in [-0.25, -0.2) is 0 Å². The molecule has 1 aromatic heterocycles. The number of ether oxygens (including phenoxy) is 2. The van der Waals surface area contributed by atoms with Gasteiger partial charge in [0.1, 0.15) is 11.6 Å². The van der Waals surface area contributed by atoms with Crippen molar-refractivity contribution in [1.29, 1.82) is 0 Å². The number of hydrogen-bond acceptors (Lipinski definition) is 6. The van der Waals surface area contributed by atoms with E-state index >= 15 is 0 Å². The Hall–Kier alpha value is -0.720. The first-order valence-corrected chi connectivity index (χ1v) is 6.24. The van der Waals surface area contributed by atoms with Crippen molar-refractivity contribution in [2.24, 2.45) is 0 Å². The molecule has 0 radical (unpaired) electrons. The number of nitrogens with zero attached hydrogens (tertiary/aromatic N) is 2. The number of methoxy groups -OCH3 is 1. The summed E-state index contributed by atoms with van der Waals surface area (Å²) >= 11 is 1.53. The summed E-state index contributed by atoms with van der Waals surface area (Å²) in [4.78, 5) is 0. The molecule has 1 N–H and O–H groups in total. The topological polar surface area (TPSA) is 56.3 Å². The highest BCUT2D eigenvalue weighted by Crippen LogP contribution is 2.16. The second kappa shape index (κ2) is 7.54. The highest BCUT2D eigenvalue weighted by Gasteiger charge is 2.06. The predicted octanol–water partition coefficient (Wildman–Crippen LogP) is 1.91. The lowest BCUT2D eigenvalue weighted by molar-refractivity contribution is -0.000356. The average Bonchev–Trinajstić information content (AvgIpc) is 2.72. The van der Waals surface area contributed by atoms with Gasteiger partial charge < -0.3 is 14.8 Å². The van der Waals surface area contributed by atoms with Crippen LogP contribution in [0.4, 0.5) is 5.13 Å². The van der Waals surface area contributed by atoms with E-state index in [2.05, 4.69) is 22.4 Å². The van der Waals surface area contributed by atoms with Crippen molar-refractivity contribution in [2.45, 2.75) is 33.0 Å². The molecule has 0 bridgehead atoms. The van der Waals surface area contributed by atoms with Crippen LogP contribution in [-0.2, 0) is 16.1 Å². The molecule has 0 aliphatic rings. The van der Waals surface area contributed by atoms with Crippen molar-refractivity contribution >= 4 is 16.5 Å². The Labute approximate surface area is 100 Å². The zero-order chi connectivity index (χ0) is 11.8. The Morgan fingerprint density at radius 3 is 2.94 bits per heavy atom. The zero-order valence-corrected chi connectivity index (χ0v) is 10.8. The van der Waals surface area contributed by atoms with Gasteiger partial charge in [-0.1, -0.05) is 18.3 Å². The minimum absolute atomic E-state index is 0.0842. The van der Waals surface area contributed by atoms with Crippen LogP contribution in [0, 0.1) is 0 Å². The van der Waals surface area contributed by atoms with E-state index in [1.165, 1.54) is 11.3 Å². The molecule has 0 saturated heterocycles. The Balaban J connectivity index is 2.28. The van der Waals surface area contributed by atoms with E-state index in [4.69, 9.17) is 9.47 Å². The minimum Gasteiger partial charge on any atom is -0.382 e. The fourth-order valence-electron chi connectivity index (χ4n) is 1.11. The van der Waals surface area contributed by atoms with Crippen LogP contribution in [0.15, 0.2) is 0 Å². The van der Waals surface area contributed by atoms with E-state index in [1.54, 1.807) is 7.11 Å². The number of aromatic nitrogens is 2. The monoisotopic (exact) mass is 245 g/mol. The van der Waals surface area contributed by atoms with Gasteiger partial charge in [-0.3, -0.25) is 0 Å². The van der Waals surface area contributed by atoms with Crippen LogP contribution in [0.3, 0.4) is 0 Å². The Bertz CT molecular complexity index is 293. The molecule has 0 spiro atoms. The van der Waals surface area contributed by atoms with Crippen LogP contribution in [0.2, 0.25) is 0 Å². The number of anilines is 1. The van der Waals surface area contributed by atoms with Crippen LogP contribution in [-0.4, -0.2) is 36.6 Å². The summed E-state index contributed by atoms with van der Waals surface area (Å²) in [5.74, 6) is 0. The molecular weight excluding hydrogens is 226 g/mol. The second-order valence-electron chi connectivity index (χ2n) is 3.50. The highest BCUT2D eigenvalue weighted by atomic mass is 32.1. The van der Waals surface area contributed by atoms with Gasteiger partial charge in [0.15, 0.2) is 0 Å². The van der Waals surface area contributed by atoms with Gasteiger partial charge in [0.05, 0.1) is 12.7 Å². The van der Waals surface area contributed by atoms with Crippen LogP contribution in [0.1, 0.15) is 25.3 Å². The van der Waals surface area contributed by atoms with Crippen molar-refractivity contribution in [3.05, 3.63) is 5.01 Å². The quantitative estimate of drug-likeness (QED) is 0.758. The molecule has 0 aliphatic carbocycles. The summed E-state index contributed by atoms with van der Waals surface area (Å²) in [6, 6.07) is 0. The molecule has 0 fully saturated rings. The molecule has 1 aromatic rings. The summed E-state index contributed by atoms with van der Waals surface area (Å²) < 4.78 is 10.5. The maximum Gasteiger partial charge on any atom is 0.205 e. The largest absolute Gasteiger partial charge is 0.382 e. The molecule has 0 saturated carbocycles. The fourth-order valence-corrected chi connectivity index (χ4v) is 1.80. The van der Waals surface area contributed by atoms with E-state index in [-0.39, 0.29) is 6.10 Å². The Morgan fingerprint density at radius 2 is 2.25 bits per heavy atom. The third kappa shape index (κ3) is 4.87. The molecular formula is C10H19N3O2S. The highest BCUT2D eigenvalue weighted by molar-refractivity contribution is 7.15. The molecule has 1 heterocycles. The van der Waals surface area contributed by atoms with Gasteiger partial charge in [0.2, 0.25) is 5.13 Å². The van der Waals surface area contributed by atoms with Crippen molar-refractivity contribution in [3.63, 3.8) is 0 Å². The summed E-state index contributed by atoms with van der Waals surface area (Å²) in [7, 11) is 1.66. The maximum absolute atomic E-state index is 5.54. The molecule has 1 rings (SSSR count). The third-order valence-corrected chi connectivity index (χ3v) is 2.74. The standard InChI is InChI=1S/C10H19N3O2S/c1-4-5-11-10-13-12-9(16-10)7-15-8(2)6-14-3/h8H,4-7H2,1-3H3,(H,11,13). The molecule has 6 heteroatoms. The average molecular weight is 245 g/mol. The summed E-state index contributed by atoms with van der Waals surface area (Å²) in [5.41, 5.74) is 0. The lowest BCUT2D eigenvalue weighted by Crippen LogP contribution is -2.14. The molecule has 1 atom stereocenters. The number of hydrogen-bond donors (Lipinski definition) is 1. The van der Waals surface area contributed by atoms with Gasteiger partial charge >= 0.3 is 0 Å². The predicted molar refractivity (Wildman–Crippen MR) is 64.8 cm³/mol. The van der Waals surface area contributed by atoms with Crippen LogP contribution in [0.5, 0.6) is 0 Å². The van der Waals surface area contributed by atoms with E-state index in [0.29, 0.717) is 13.2 Å². The molecule has 92 valence electrons. The van der Waals surface area contributed by atoms with Crippen molar-refractivity contribution < 1.29 is 9.47 Å². The smallest absolute Gasteiger partial charge is 0.205 e. The van der Waals surface area contributed by atoms with Crippen LogP contribution >= 0.6 is 11.3 Å². The van der Waals surface area contributed by atoms with Crippen molar-refractivity contribution in [2.75, 3.05) is 25.6 Å². The van der Waals surface area contributed by atoms with E-state index in [9.17, 15) is 0 Å². The lowest BCUT2D eigenvalue weighted by atomic mass is 10.4. The number of nitrogens with one attached hydrogen (secondary N) is 1. The van der Waals surface area contributed by atoms with Gasteiger partial charge in [0.25, 0.3) is 0 Å². The summed E-state index contributed by atoms with van der Waals surface area (Å²) in [6.07, 6.45) is 1.16. The van der Waals surface area contributed by atoms with Gasteiger partial charge in [-0.15, -0.1) is 10.2 Å². The minimum atomic E-state index is 0.0842. The van der Waals surface area contributed by atoms with E-state index < -0.39 is 0 Å². The van der Waals surface area contributed by atoms with Crippen molar-refractivity contribution in [1.82, 2.24) is 10.2 Å². The molecule has 0 aliphatic heterocycles. The van der Waals surface area contributed by atoms with E-state index in [0.717, 1.165) is 23.1 Å². The van der Waals surface area contributed by atoms with E-state index in [1.807, 2.05) is 6.92 Å². The number of rotatable bonds is 8. The summed E-state index contributed by atoms with van der Waals surface area (Å²) in [5, 5.41) is 13.0. The molecule has 5 nitrogen and oxygen atoms in total. The first-order valence-electron chi connectivity index (χ1n) is 5.43. The molecule has 16 heavy (non-hydrogen) atoms. The molecule has 1 unspecified atom stereocenters. The normalized spacial score (nSPS) is 12.7. The Kier molecular flexibility index (Phi) is 6.29. The summed E-state index contributed by atoms with van der Waals surface area (Å²) in [6.45, 7) is 6.11. The van der Waals surface area contributed by atoms with Crippen molar-refractivity contribution in [3.8, 4) is 0 Å².